The number of nitrogens with two attached hydrogens (primary N) is 2. The third-order valence-electron chi connectivity index (χ3n) is 1.81. The van der Waals surface area contributed by atoms with Crippen LogP contribution in [0, 0.1) is 11.3 Å². The molecular formula is C9H11N3O. The Labute approximate surface area is 76.4 Å². The van der Waals surface area contributed by atoms with Gasteiger partial charge in [0.05, 0.1) is 11.6 Å². The molecule has 0 aliphatic carbocycles. The molecule has 13 heavy (non-hydrogen) atoms. The summed E-state index contributed by atoms with van der Waals surface area (Å²) < 4.78 is 0. The molecule has 0 aliphatic rings. The second-order valence-electron chi connectivity index (χ2n) is 2.73. The van der Waals surface area contributed by atoms with Gasteiger partial charge in [-0.2, -0.15) is 5.26 Å². The van der Waals surface area contributed by atoms with E-state index in [4.69, 9.17) is 16.7 Å². The molecule has 0 aromatic heterocycles. The van der Waals surface area contributed by atoms with E-state index in [9.17, 15) is 5.11 Å². The Morgan fingerprint density at radius 3 is 2.77 bits per heavy atom. The highest BCUT2D eigenvalue weighted by Crippen LogP contribution is 2.22. The number of aromatic hydroxyl groups is 1. The first kappa shape index (κ1) is 9.52. The molecule has 1 aromatic rings. The standard InChI is InChI=1S/C9H11N3O/c10-4-6-1-2-9(13)7(3-6)8(12)5-11/h1-3,8,13H,5,11-12H2/t8-/m0/s1. The van der Waals surface area contributed by atoms with Crippen LogP contribution >= 0.6 is 0 Å². The average molecular weight is 177 g/mol. The first-order valence-corrected chi connectivity index (χ1v) is 3.87. The number of rotatable bonds is 2. The van der Waals surface area contributed by atoms with Crippen LogP contribution in [0.5, 0.6) is 5.75 Å². The molecule has 1 atom stereocenters. The lowest BCUT2D eigenvalue weighted by Crippen LogP contribution is -2.20. The van der Waals surface area contributed by atoms with E-state index in [0.29, 0.717) is 11.1 Å². The summed E-state index contributed by atoms with van der Waals surface area (Å²) in [6, 6.07) is 6.07. The maximum atomic E-state index is 9.39. The van der Waals surface area contributed by atoms with E-state index in [1.165, 1.54) is 12.1 Å². The summed E-state index contributed by atoms with van der Waals surface area (Å²) in [6.45, 7) is 0.239. The van der Waals surface area contributed by atoms with E-state index >= 15 is 0 Å². The molecule has 0 bridgehead atoms. The van der Waals surface area contributed by atoms with Crippen LogP contribution in [0.25, 0.3) is 0 Å². The van der Waals surface area contributed by atoms with Crippen molar-refractivity contribution >= 4 is 0 Å². The van der Waals surface area contributed by atoms with Gasteiger partial charge < -0.3 is 16.6 Å². The zero-order chi connectivity index (χ0) is 9.84. The van der Waals surface area contributed by atoms with Crippen LogP contribution in [0.1, 0.15) is 17.2 Å². The SMILES string of the molecule is N#Cc1ccc(O)c([C@@H](N)CN)c1. The Kier molecular flexibility index (Phi) is 2.85. The van der Waals surface area contributed by atoms with Gasteiger partial charge in [-0.05, 0) is 18.2 Å². The lowest BCUT2D eigenvalue weighted by Gasteiger charge is -2.10. The van der Waals surface area contributed by atoms with E-state index < -0.39 is 6.04 Å². The molecule has 4 nitrogen and oxygen atoms in total. The minimum atomic E-state index is -0.423. The fourth-order valence-electron chi connectivity index (χ4n) is 1.05. The number of nitriles is 1. The van der Waals surface area contributed by atoms with Crippen LogP contribution in [-0.4, -0.2) is 11.7 Å². The van der Waals surface area contributed by atoms with Crippen LogP contribution in [0.3, 0.4) is 0 Å². The van der Waals surface area contributed by atoms with Gasteiger partial charge in [-0.3, -0.25) is 0 Å². The Bertz CT molecular complexity index is 343. The van der Waals surface area contributed by atoms with Crippen LogP contribution in [0.15, 0.2) is 18.2 Å². The Balaban J connectivity index is 3.12. The summed E-state index contributed by atoms with van der Waals surface area (Å²) >= 11 is 0. The molecule has 0 saturated carbocycles. The first-order valence-electron chi connectivity index (χ1n) is 3.87. The zero-order valence-corrected chi connectivity index (χ0v) is 7.07. The van der Waals surface area contributed by atoms with Gasteiger partial charge >= 0.3 is 0 Å². The number of phenolic OH excluding ortho intramolecular Hbond substituents is 1. The van der Waals surface area contributed by atoms with E-state index in [1.807, 2.05) is 6.07 Å². The molecule has 0 saturated heterocycles. The molecule has 0 radical (unpaired) electrons. The lowest BCUT2D eigenvalue weighted by atomic mass is 10.0. The van der Waals surface area contributed by atoms with E-state index in [0.717, 1.165) is 0 Å². The van der Waals surface area contributed by atoms with Crippen molar-refractivity contribution in [2.24, 2.45) is 11.5 Å². The Hall–Kier alpha value is -1.57. The molecule has 0 fully saturated rings. The smallest absolute Gasteiger partial charge is 0.120 e. The maximum absolute atomic E-state index is 9.39. The summed E-state index contributed by atoms with van der Waals surface area (Å²) in [5.74, 6) is 0.0805. The number of phenols is 1. The van der Waals surface area contributed by atoms with Gasteiger partial charge in [0, 0.05) is 18.2 Å². The zero-order valence-electron chi connectivity index (χ0n) is 7.07. The van der Waals surface area contributed by atoms with Gasteiger partial charge in [-0.1, -0.05) is 0 Å². The van der Waals surface area contributed by atoms with E-state index in [1.54, 1.807) is 6.07 Å². The summed E-state index contributed by atoms with van der Waals surface area (Å²) in [5.41, 5.74) is 12.0. The minimum Gasteiger partial charge on any atom is -0.508 e. The third kappa shape index (κ3) is 1.96. The summed E-state index contributed by atoms with van der Waals surface area (Å²) in [7, 11) is 0. The number of hydrogen-bond acceptors (Lipinski definition) is 4. The second-order valence-corrected chi connectivity index (χ2v) is 2.73. The van der Waals surface area contributed by atoms with Crippen molar-refractivity contribution in [3.63, 3.8) is 0 Å². The van der Waals surface area contributed by atoms with E-state index in [2.05, 4.69) is 0 Å². The Morgan fingerprint density at radius 1 is 1.54 bits per heavy atom. The molecule has 0 amide bonds. The first-order chi connectivity index (χ1) is 6.19. The van der Waals surface area contributed by atoms with Gasteiger partial charge in [-0.25, -0.2) is 0 Å². The maximum Gasteiger partial charge on any atom is 0.120 e. The molecule has 4 heteroatoms. The molecule has 1 aromatic carbocycles. The molecule has 1 rings (SSSR count). The highest BCUT2D eigenvalue weighted by Gasteiger charge is 2.09. The molecule has 0 unspecified atom stereocenters. The van der Waals surface area contributed by atoms with Crippen molar-refractivity contribution in [2.75, 3.05) is 6.54 Å². The highest BCUT2D eigenvalue weighted by molar-refractivity contribution is 5.42. The summed E-state index contributed by atoms with van der Waals surface area (Å²) in [6.07, 6.45) is 0. The molecule has 68 valence electrons. The Morgan fingerprint density at radius 2 is 2.23 bits per heavy atom. The number of hydrogen-bond donors (Lipinski definition) is 3. The van der Waals surface area contributed by atoms with Crippen molar-refractivity contribution in [1.82, 2.24) is 0 Å². The van der Waals surface area contributed by atoms with Crippen molar-refractivity contribution in [3.05, 3.63) is 29.3 Å². The molecule has 0 heterocycles. The van der Waals surface area contributed by atoms with Crippen molar-refractivity contribution < 1.29 is 5.11 Å². The average Bonchev–Trinajstić information content (AvgIpc) is 2.17. The van der Waals surface area contributed by atoms with Gasteiger partial charge in [0.1, 0.15) is 5.75 Å². The van der Waals surface area contributed by atoms with Crippen LogP contribution in [-0.2, 0) is 0 Å². The molecule has 5 N–H and O–H groups in total. The number of nitrogens with zero attached hydrogens (tertiary/aromatic N) is 1. The van der Waals surface area contributed by atoms with Crippen molar-refractivity contribution in [3.8, 4) is 11.8 Å². The van der Waals surface area contributed by atoms with Gasteiger partial charge in [0.2, 0.25) is 0 Å². The number of benzene rings is 1. The fourth-order valence-corrected chi connectivity index (χ4v) is 1.05. The fraction of sp³-hybridized carbons (Fsp3) is 0.222. The van der Waals surface area contributed by atoms with Gasteiger partial charge in [0.25, 0.3) is 0 Å². The van der Waals surface area contributed by atoms with Crippen molar-refractivity contribution in [1.29, 1.82) is 5.26 Å². The summed E-state index contributed by atoms with van der Waals surface area (Å²) in [4.78, 5) is 0. The van der Waals surface area contributed by atoms with Crippen molar-refractivity contribution in [2.45, 2.75) is 6.04 Å². The largest absolute Gasteiger partial charge is 0.508 e. The normalized spacial score (nSPS) is 12.1. The third-order valence-corrected chi connectivity index (χ3v) is 1.81. The predicted molar refractivity (Wildman–Crippen MR) is 48.8 cm³/mol. The summed E-state index contributed by atoms with van der Waals surface area (Å²) in [5, 5.41) is 18.0. The van der Waals surface area contributed by atoms with Gasteiger partial charge in [-0.15, -0.1) is 0 Å². The predicted octanol–water partition coefficient (Wildman–Crippen LogP) is 0.222. The second kappa shape index (κ2) is 3.90. The molecular weight excluding hydrogens is 166 g/mol. The lowest BCUT2D eigenvalue weighted by molar-refractivity contribution is 0.462. The quantitative estimate of drug-likeness (QED) is 0.602. The van der Waals surface area contributed by atoms with Crippen LogP contribution in [0.2, 0.25) is 0 Å². The molecule has 0 spiro atoms. The van der Waals surface area contributed by atoms with E-state index in [-0.39, 0.29) is 12.3 Å². The van der Waals surface area contributed by atoms with Gasteiger partial charge in [0.15, 0.2) is 0 Å². The highest BCUT2D eigenvalue weighted by atomic mass is 16.3. The van der Waals surface area contributed by atoms with Crippen LogP contribution < -0.4 is 11.5 Å². The molecule has 0 aliphatic heterocycles. The van der Waals surface area contributed by atoms with Crippen LogP contribution in [0.4, 0.5) is 0 Å². The topological polar surface area (TPSA) is 96.1 Å². The monoisotopic (exact) mass is 177 g/mol. The minimum absolute atomic E-state index is 0.0805.